The second-order valence-corrected chi connectivity index (χ2v) is 15.6. The first-order valence-corrected chi connectivity index (χ1v) is 18.9. The zero-order valence-corrected chi connectivity index (χ0v) is 30.6. The lowest BCUT2D eigenvalue weighted by atomic mass is 9.97. The number of nitrogens with zero attached hydrogens (tertiary/aromatic N) is 4. The number of H-pyrrole nitrogens is 2. The number of benzene rings is 2. The van der Waals surface area contributed by atoms with Gasteiger partial charge in [-0.05, 0) is 88.3 Å². The SMILES string of the molecule is CN1CCN(CC[C@@H]2NCCc3c2[nH]c2cc(Br)ccc32)CC1.CN1CCN(CC[C@H]2NCCc3c2[nH]c2cc(Br)ccc32)CC1. The van der Waals surface area contributed by atoms with E-state index in [9.17, 15) is 0 Å². The summed E-state index contributed by atoms with van der Waals surface area (Å²) in [6.07, 6.45) is 4.62. The molecule has 4 aromatic rings. The minimum atomic E-state index is 0.463. The molecule has 2 aromatic carbocycles. The van der Waals surface area contributed by atoms with Gasteiger partial charge in [-0.2, -0.15) is 0 Å². The molecule has 4 aliphatic rings. The lowest BCUT2D eigenvalue weighted by molar-refractivity contribution is 0.148. The summed E-state index contributed by atoms with van der Waals surface area (Å²) < 4.78 is 2.29. The Morgan fingerprint density at radius 1 is 0.609 bits per heavy atom. The van der Waals surface area contributed by atoms with Gasteiger partial charge in [0.1, 0.15) is 0 Å². The Balaban J connectivity index is 0.000000147. The molecular weight excluding hydrogens is 704 g/mol. The lowest BCUT2D eigenvalue weighted by Crippen LogP contribution is -2.45. The van der Waals surface area contributed by atoms with E-state index >= 15 is 0 Å². The molecule has 0 saturated carbocycles. The summed E-state index contributed by atoms with van der Waals surface area (Å²) >= 11 is 7.16. The van der Waals surface area contributed by atoms with Gasteiger partial charge >= 0.3 is 0 Å². The van der Waals surface area contributed by atoms with E-state index in [0.29, 0.717) is 12.1 Å². The van der Waals surface area contributed by atoms with Gasteiger partial charge in [-0.15, -0.1) is 0 Å². The molecule has 2 atom stereocenters. The summed E-state index contributed by atoms with van der Waals surface area (Å²) in [6, 6.07) is 14.1. The number of fused-ring (bicyclic) bond motifs is 6. The van der Waals surface area contributed by atoms with Crippen LogP contribution in [0.25, 0.3) is 21.8 Å². The zero-order valence-electron chi connectivity index (χ0n) is 27.5. The summed E-state index contributed by atoms with van der Waals surface area (Å²) in [5, 5.41) is 10.2. The third kappa shape index (κ3) is 7.44. The molecule has 46 heavy (non-hydrogen) atoms. The fourth-order valence-corrected chi connectivity index (χ4v) is 8.56. The number of aromatic amines is 2. The number of piperazine rings is 2. The largest absolute Gasteiger partial charge is 0.357 e. The molecule has 2 saturated heterocycles. The van der Waals surface area contributed by atoms with Crippen molar-refractivity contribution in [1.82, 2.24) is 40.2 Å². The van der Waals surface area contributed by atoms with Gasteiger partial charge in [-0.1, -0.05) is 44.0 Å². The van der Waals surface area contributed by atoms with Gasteiger partial charge in [0.05, 0.1) is 0 Å². The van der Waals surface area contributed by atoms with Crippen molar-refractivity contribution >= 4 is 53.7 Å². The molecule has 8 nitrogen and oxygen atoms in total. The van der Waals surface area contributed by atoms with Crippen LogP contribution in [0.5, 0.6) is 0 Å². The van der Waals surface area contributed by atoms with Crippen LogP contribution in [0.1, 0.15) is 47.4 Å². The summed E-state index contributed by atoms with van der Waals surface area (Å²) in [5.41, 5.74) is 8.40. The lowest BCUT2D eigenvalue weighted by Gasteiger charge is -2.34. The molecule has 4 N–H and O–H groups in total. The number of likely N-dealkylation sites (N-methyl/N-ethyl adjacent to an activating group) is 2. The molecule has 248 valence electrons. The first-order chi connectivity index (χ1) is 22.4. The third-order valence-corrected chi connectivity index (χ3v) is 11.7. The average Bonchev–Trinajstić information content (AvgIpc) is 3.62. The highest BCUT2D eigenvalue weighted by Crippen LogP contribution is 2.34. The summed E-state index contributed by atoms with van der Waals surface area (Å²) in [4.78, 5) is 17.4. The van der Waals surface area contributed by atoms with Gasteiger partial charge in [0.2, 0.25) is 0 Å². The Labute approximate surface area is 290 Å². The molecule has 0 amide bonds. The summed E-state index contributed by atoms with van der Waals surface area (Å²) in [7, 11) is 4.43. The fourth-order valence-electron chi connectivity index (χ4n) is 7.84. The maximum absolute atomic E-state index is 3.72. The molecule has 0 aliphatic carbocycles. The normalized spacial score (nSPS) is 23.3. The van der Waals surface area contributed by atoms with Crippen LogP contribution in [0.2, 0.25) is 0 Å². The monoisotopic (exact) mass is 752 g/mol. The zero-order chi connectivity index (χ0) is 31.6. The van der Waals surface area contributed by atoms with Crippen molar-refractivity contribution in [2.45, 2.75) is 37.8 Å². The molecule has 0 spiro atoms. The minimum absolute atomic E-state index is 0.463. The van der Waals surface area contributed by atoms with E-state index < -0.39 is 0 Å². The van der Waals surface area contributed by atoms with Crippen molar-refractivity contribution in [3.05, 3.63) is 67.9 Å². The van der Waals surface area contributed by atoms with E-state index in [0.717, 1.165) is 34.9 Å². The Morgan fingerprint density at radius 2 is 1.02 bits per heavy atom. The second kappa shape index (κ2) is 14.8. The van der Waals surface area contributed by atoms with E-state index in [4.69, 9.17) is 0 Å². The Morgan fingerprint density at radius 3 is 1.43 bits per heavy atom. The van der Waals surface area contributed by atoms with E-state index in [1.165, 1.54) is 123 Å². The van der Waals surface area contributed by atoms with Gasteiger partial charge < -0.3 is 40.2 Å². The predicted molar refractivity (Wildman–Crippen MR) is 198 cm³/mol. The minimum Gasteiger partial charge on any atom is -0.357 e. The first-order valence-electron chi connectivity index (χ1n) is 17.3. The van der Waals surface area contributed by atoms with Gasteiger partial charge in [0.25, 0.3) is 0 Å². The van der Waals surface area contributed by atoms with Crippen LogP contribution in [0, 0.1) is 0 Å². The average molecular weight is 755 g/mol. The molecule has 8 rings (SSSR count). The van der Waals surface area contributed by atoms with E-state index in [1.54, 1.807) is 0 Å². The number of rotatable bonds is 6. The van der Waals surface area contributed by atoms with Gasteiger partial charge in [0.15, 0.2) is 0 Å². The second-order valence-electron chi connectivity index (χ2n) is 13.8. The molecule has 0 bridgehead atoms. The van der Waals surface area contributed by atoms with Crippen LogP contribution in [0.4, 0.5) is 0 Å². The van der Waals surface area contributed by atoms with Gasteiger partial charge in [0, 0.05) is 120 Å². The summed E-state index contributed by atoms with van der Waals surface area (Å²) in [5.74, 6) is 0. The number of nitrogens with one attached hydrogen (secondary N) is 4. The maximum atomic E-state index is 3.72. The van der Waals surface area contributed by atoms with Crippen molar-refractivity contribution in [3.8, 4) is 0 Å². The highest BCUT2D eigenvalue weighted by Gasteiger charge is 2.26. The highest BCUT2D eigenvalue weighted by atomic mass is 79.9. The molecule has 2 aromatic heterocycles. The fraction of sp³-hybridized carbons (Fsp3) is 0.556. The molecule has 10 heteroatoms. The topological polar surface area (TPSA) is 68.6 Å². The van der Waals surface area contributed by atoms with Crippen LogP contribution in [0.3, 0.4) is 0 Å². The van der Waals surface area contributed by atoms with Crippen LogP contribution >= 0.6 is 31.9 Å². The molecule has 6 heterocycles. The van der Waals surface area contributed by atoms with Crippen molar-refractivity contribution in [2.75, 3.05) is 92.6 Å². The highest BCUT2D eigenvalue weighted by molar-refractivity contribution is 9.10. The van der Waals surface area contributed by atoms with Crippen molar-refractivity contribution in [2.24, 2.45) is 0 Å². The van der Waals surface area contributed by atoms with Crippen LogP contribution < -0.4 is 10.6 Å². The number of halogens is 2. The number of hydrogen-bond donors (Lipinski definition) is 4. The predicted octanol–water partition coefficient (Wildman–Crippen LogP) is 5.51. The molecule has 4 aliphatic heterocycles. The van der Waals surface area contributed by atoms with Gasteiger partial charge in [-0.3, -0.25) is 0 Å². The summed E-state index contributed by atoms with van der Waals surface area (Å²) in [6.45, 7) is 14.2. The Hall–Kier alpha value is -1.76. The van der Waals surface area contributed by atoms with E-state index in [2.05, 4.69) is 123 Å². The maximum Gasteiger partial charge on any atom is 0.0488 e. The molecule has 0 radical (unpaired) electrons. The van der Waals surface area contributed by atoms with Crippen LogP contribution in [0.15, 0.2) is 45.3 Å². The molecule has 2 fully saturated rings. The molecule has 0 unspecified atom stereocenters. The molecular formula is C36H50Br2N8. The van der Waals surface area contributed by atoms with Crippen LogP contribution in [-0.2, 0) is 12.8 Å². The van der Waals surface area contributed by atoms with E-state index in [1.807, 2.05) is 0 Å². The third-order valence-electron chi connectivity index (χ3n) is 10.7. The van der Waals surface area contributed by atoms with Crippen molar-refractivity contribution in [1.29, 1.82) is 0 Å². The standard InChI is InChI=1S/2C18H25BrN4/c2*1-22-8-10-23(11-9-22)7-5-16-18-15(4-6-20-16)14-3-2-13(19)12-17(14)21-18/h2*2-3,12,16,20-21H,4-11H2,1H3/t2*16-/m10/s1. The first kappa shape index (κ1) is 32.8. The van der Waals surface area contributed by atoms with Crippen molar-refractivity contribution in [3.63, 3.8) is 0 Å². The number of aromatic nitrogens is 2. The van der Waals surface area contributed by atoms with Crippen molar-refractivity contribution < 1.29 is 0 Å². The van der Waals surface area contributed by atoms with E-state index in [-0.39, 0.29) is 0 Å². The van der Waals surface area contributed by atoms with Crippen LogP contribution in [-0.4, -0.2) is 122 Å². The quantitative estimate of drug-likeness (QED) is 0.209. The Kier molecular flexibility index (Phi) is 10.5. The smallest absolute Gasteiger partial charge is 0.0488 e. The number of hydrogen-bond acceptors (Lipinski definition) is 6. The van der Waals surface area contributed by atoms with Gasteiger partial charge in [-0.25, -0.2) is 0 Å². The Bertz CT molecular complexity index is 1500.